The molecule has 1 unspecified atom stereocenters. The third-order valence-electron chi connectivity index (χ3n) is 4.29. The predicted molar refractivity (Wildman–Crippen MR) is 93.7 cm³/mol. The standard InChI is InChI=1S/C19H19N3O3/c1-13(14-6-7-17-18(10-14)25-9-8-24-17)21-19(23)11-22-12-20-15-4-2-3-5-16(15)22/h2-7,10,12-13H,8-9,11H2,1H3,(H,21,23). The summed E-state index contributed by atoms with van der Waals surface area (Å²) in [5.74, 6) is 1.41. The van der Waals surface area contributed by atoms with Crippen LogP contribution < -0.4 is 14.8 Å². The first kappa shape index (κ1) is 15.5. The number of para-hydroxylation sites is 2. The lowest BCUT2D eigenvalue weighted by molar-refractivity contribution is -0.122. The van der Waals surface area contributed by atoms with Crippen molar-refractivity contribution in [2.45, 2.75) is 19.5 Å². The maximum atomic E-state index is 12.4. The first-order valence-electron chi connectivity index (χ1n) is 8.29. The smallest absolute Gasteiger partial charge is 0.240 e. The number of benzene rings is 2. The van der Waals surface area contributed by atoms with Gasteiger partial charge >= 0.3 is 0 Å². The van der Waals surface area contributed by atoms with Gasteiger partial charge in [0.1, 0.15) is 19.8 Å². The van der Waals surface area contributed by atoms with Crippen molar-refractivity contribution in [1.82, 2.24) is 14.9 Å². The van der Waals surface area contributed by atoms with Crippen LogP contribution in [0.3, 0.4) is 0 Å². The third-order valence-corrected chi connectivity index (χ3v) is 4.29. The number of carbonyl (C=O) groups excluding carboxylic acids is 1. The number of hydrogen-bond donors (Lipinski definition) is 1. The maximum absolute atomic E-state index is 12.4. The van der Waals surface area contributed by atoms with E-state index in [2.05, 4.69) is 10.3 Å². The van der Waals surface area contributed by atoms with Crippen molar-refractivity contribution in [2.75, 3.05) is 13.2 Å². The fraction of sp³-hybridized carbons (Fsp3) is 0.263. The summed E-state index contributed by atoms with van der Waals surface area (Å²) in [6.45, 7) is 3.30. The van der Waals surface area contributed by atoms with E-state index in [4.69, 9.17) is 9.47 Å². The maximum Gasteiger partial charge on any atom is 0.240 e. The van der Waals surface area contributed by atoms with E-state index in [-0.39, 0.29) is 18.5 Å². The van der Waals surface area contributed by atoms with Gasteiger partial charge in [0, 0.05) is 0 Å². The largest absolute Gasteiger partial charge is 0.486 e. The van der Waals surface area contributed by atoms with E-state index in [1.165, 1.54) is 0 Å². The Hall–Kier alpha value is -3.02. The molecule has 1 aliphatic heterocycles. The highest BCUT2D eigenvalue weighted by molar-refractivity contribution is 5.80. The first-order valence-corrected chi connectivity index (χ1v) is 8.29. The van der Waals surface area contributed by atoms with Crippen molar-refractivity contribution < 1.29 is 14.3 Å². The molecule has 0 aliphatic carbocycles. The number of nitrogens with one attached hydrogen (secondary N) is 1. The number of amides is 1. The molecular formula is C19H19N3O3. The molecule has 0 radical (unpaired) electrons. The van der Waals surface area contributed by atoms with Gasteiger partial charge in [0.15, 0.2) is 11.5 Å². The Morgan fingerprint density at radius 3 is 2.88 bits per heavy atom. The van der Waals surface area contributed by atoms with Crippen LogP contribution in [-0.4, -0.2) is 28.7 Å². The van der Waals surface area contributed by atoms with E-state index in [1.807, 2.05) is 54.0 Å². The van der Waals surface area contributed by atoms with Crippen LogP contribution in [0.25, 0.3) is 11.0 Å². The van der Waals surface area contributed by atoms with Crippen molar-refractivity contribution in [3.05, 3.63) is 54.4 Å². The van der Waals surface area contributed by atoms with Crippen LogP contribution in [-0.2, 0) is 11.3 Å². The highest BCUT2D eigenvalue weighted by atomic mass is 16.6. The zero-order chi connectivity index (χ0) is 17.2. The van der Waals surface area contributed by atoms with Gasteiger partial charge < -0.3 is 19.4 Å². The molecule has 25 heavy (non-hydrogen) atoms. The molecule has 128 valence electrons. The Kier molecular flexibility index (Phi) is 4.01. The summed E-state index contributed by atoms with van der Waals surface area (Å²) in [7, 11) is 0. The normalized spacial score (nSPS) is 14.3. The second-order valence-electron chi connectivity index (χ2n) is 6.05. The fourth-order valence-corrected chi connectivity index (χ4v) is 2.99. The lowest BCUT2D eigenvalue weighted by atomic mass is 10.1. The number of imidazole rings is 1. The molecule has 1 atom stereocenters. The van der Waals surface area contributed by atoms with Crippen LogP contribution in [0.15, 0.2) is 48.8 Å². The number of hydrogen-bond acceptors (Lipinski definition) is 4. The van der Waals surface area contributed by atoms with Crippen LogP contribution in [0.4, 0.5) is 0 Å². The topological polar surface area (TPSA) is 65.4 Å². The molecule has 0 spiro atoms. The van der Waals surface area contributed by atoms with Crippen molar-refractivity contribution in [3.63, 3.8) is 0 Å². The molecule has 0 bridgehead atoms. The molecule has 6 heteroatoms. The average Bonchev–Trinajstić information content (AvgIpc) is 3.04. The lowest BCUT2D eigenvalue weighted by Crippen LogP contribution is -2.30. The number of ether oxygens (including phenoxy) is 2. The van der Waals surface area contributed by atoms with E-state index in [9.17, 15) is 4.79 Å². The highest BCUT2D eigenvalue weighted by Crippen LogP contribution is 2.32. The lowest BCUT2D eigenvalue weighted by Gasteiger charge is -2.21. The van der Waals surface area contributed by atoms with Gasteiger partial charge in [0.2, 0.25) is 5.91 Å². The minimum atomic E-state index is -0.127. The van der Waals surface area contributed by atoms with E-state index in [0.29, 0.717) is 13.2 Å². The Bertz CT molecular complexity index is 919. The molecule has 0 saturated heterocycles. The van der Waals surface area contributed by atoms with Gasteiger partial charge in [-0.1, -0.05) is 18.2 Å². The zero-order valence-corrected chi connectivity index (χ0v) is 13.9. The molecule has 0 fully saturated rings. The molecule has 1 aromatic heterocycles. The summed E-state index contributed by atoms with van der Waals surface area (Å²) >= 11 is 0. The molecule has 1 amide bonds. The van der Waals surface area contributed by atoms with Crippen molar-refractivity contribution >= 4 is 16.9 Å². The Balaban J connectivity index is 1.45. The highest BCUT2D eigenvalue weighted by Gasteiger charge is 2.16. The average molecular weight is 337 g/mol. The number of nitrogens with zero attached hydrogens (tertiary/aromatic N) is 2. The molecule has 0 saturated carbocycles. The van der Waals surface area contributed by atoms with Crippen molar-refractivity contribution in [3.8, 4) is 11.5 Å². The number of carbonyl (C=O) groups is 1. The van der Waals surface area contributed by atoms with Crippen molar-refractivity contribution in [1.29, 1.82) is 0 Å². The summed E-state index contributed by atoms with van der Waals surface area (Å²) in [4.78, 5) is 16.7. The van der Waals surface area contributed by atoms with E-state index in [1.54, 1.807) is 6.33 Å². The summed E-state index contributed by atoms with van der Waals surface area (Å²) < 4.78 is 13.0. The van der Waals surface area contributed by atoms with Gasteiger partial charge in [0.05, 0.1) is 23.4 Å². The van der Waals surface area contributed by atoms with Gasteiger partial charge in [-0.05, 0) is 36.8 Å². The predicted octanol–water partition coefficient (Wildman–Crippen LogP) is 2.68. The number of rotatable bonds is 4. The van der Waals surface area contributed by atoms with Crippen LogP contribution in [0.5, 0.6) is 11.5 Å². The minimum Gasteiger partial charge on any atom is -0.486 e. The van der Waals surface area contributed by atoms with E-state index in [0.717, 1.165) is 28.1 Å². The van der Waals surface area contributed by atoms with Crippen LogP contribution in [0.1, 0.15) is 18.5 Å². The number of fused-ring (bicyclic) bond motifs is 2. The van der Waals surface area contributed by atoms with Crippen LogP contribution in [0, 0.1) is 0 Å². The molecule has 2 aromatic carbocycles. The van der Waals surface area contributed by atoms with Crippen LogP contribution >= 0.6 is 0 Å². The molecule has 2 heterocycles. The first-order chi connectivity index (χ1) is 12.2. The summed E-state index contributed by atoms with van der Waals surface area (Å²) in [6, 6.07) is 13.4. The molecular weight excluding hydrogens is 318 g/mol. The second kappa shape index (κ2) is 6.47. The Labute approximate surface area is 145 Å². The summed E-state index contributed by atoms with van der Waals surface area (Å²) in [5, 5.41) is 3.02. The SMILES string of the molecule is CC(NC(=O)Cn1cnc2ccccc21)c1ccc2c(c1)OCCO2. The van der Waals surface area contributed by atoms with Gasteiger partial charge in [-0.2, -0.15) is 0 Å². The summed E-state index contributed by atoms with van der Waals surface area (Å²) in [6.07, 6.45) is 1.69. The second-order valence-corrected chi connectivity index (χ2v) is 6.05. The van der Waals surface area contributed by atoms with Gasteiger partial charge in [-0.25, -0.2) is 4.98 Å². The Morgan fingerprint density at radius 2 is 2.00 bits per heavy atom. The van der Waals surface area contributed by atoms with Gasteiger partial charge in [0.25, 0.3) is 0 Å². The third kappa shape index (κ3) is 3.15. The molecule has 1 aliphatic rings. The molecule has 3 aromatic rings. The molecule has 1 N–H and O–H groups in total. The number of aromatic nitrogens is 2. The van der Waals surface area contributed by atoms with Gasteiger partial charge in [-0.3, -0.25) is 4.79 Å². The minimum absolute atomic E-state index is 0.0643. The quantitative estimate of drug-likeness (QED) is 0.795. The molecule has 4 rings (SSSR count). The summed E-state index contributed by atoms with van der Waals surface area (Å²) in [5.41, 5.74) is 2.81. The van der Waals surface area contributed by atoms with Crippen molar-refractivity contribution in [2.24, 2.45) is 0 Å². The van der Waals surface area contributed by atoms with Crippen LogP contribution in [0.2, 0.25) is 0 Å². The zero-order valence-electron chi connectivity index (χ0n) is 13.9. The van der Waals surface area contributed by atoms with E-state index >= 15 is 0 Å². The Morgan fingerprint density at radius 1 is 1.20 bits per heavy atom. The molecule has 6 nitrogen and oxygen atoms in total. The fourth-order valence-electron chi connectivity index (χ4n) is 2.99. The van der Waals surface area contributed by atoms with E-state index < -0.39 is 0 Å². The van der Waals surface area contributed by atoms with Gasteiger partial charge in [-0.15, -0.1) is 0 Å². The monoisotopic (exact) mass is 337 g/mol.